The summed E-state index contributed by atoms with van der Waals surface area (Å²) in [6.07, 6.45) is 9.71. The first-order valence-corrected chi connectivity index (χ1v) is 7.35. The van der Waals surface area contributed by atoms with Crippen LogP contribution in [0.2, 0.25) is 0 Å². The van der Waals surface area contributed by atoms with Crippen molar-refractivity contribution < 1.29 is 5.11 Å². The van der Waals surface area contributed by atoms with Crippen molar-refractivity contribution in [3.63, 3.8) is 0 Å². The number of nitrogens with zero attached hydrogens (tertiary/aromatic N) is 1. The number of aromatic nitrogens is 1. The fourth-order valence-electron chi connectivity index (χ4n) is 1.84. The molecule has 0 aliphatic heterocycles. The summed E-state index contributed by atoms with van der Waals surface area (Å²) in [5.74, 6) is 0.661. The molecule has 4 N–H and O–H groups in total. The van der Waals surface area contributed by atoms with Crippen LogP contribution in [0.25, 0.3) is 11.9 Å². The standard InChI is InChI=1S/C15H23N3O.C2H6/c1-4-13-7-10-18(3)14(13)15(16)17-9-5-6-12(2)8-11-19;1-2/h4-8,10,17,19H,9,11,16H2,1-3H3;1-2H3/b6-5-,12-8-,13-4-,15-14-;. The quantitative estimate of drug-likeness (QED) is 0.708. The Balaban J connectivity index is 0.00000191. The van der Waals surface area contributed by atoms with E-state index in [0.29, 0.717) is 12.4 Å². The highest BCUT2D eigenvalue weighted by Gasteiger charge is 1.96. The monoisotopic (exact) mass is 291 g/mol. The van der Waals surface area contributed by atoms with Crippen LogP contribution in [0.3, 0.4) is 0 Å². The van der Waals surface area contributed by atoms with E-state index in [1.165, 1.54) is 0 Å². The average molecular weight is 291 g/mol. The largest absolute Gasteiger partial charge is 0.392 e. The van der Waals surface area contributed by atoms with Gasteiger partial charge in [0.25, 0.3) is 0 Å². The van der Waals surface area contributed by atoms with Crippen LogP contribution in [0, 0.1) is 0 Å². The summed E-state index contributed by atoms with van der Waals surface area (Å²) in [5, 5.41) is 14.0. The van der Waals surface area contributed by atoms with Crippen LogP contribution in [0.15, 0.2) is 36.1 Å². The molecule has 0 bridgehead atoms. The lowest BCUT2D eigenvalue weighted by Gasteiger charge is -2.04. The van der Waals surface area contributed by atoms with Crippen LogP contribution in [0.5, 0.6) is 0 Å². The smallest absolute Gasteiger partial charge is 0.121 e. The van der Waals surface area contributed by atoms with Gasteiger partial charge in [0.2, 0.25) is 0 Å². The van der Waals surface area contributed by atoms with Gasteiger partial charge < -0.3 is 20.7 Å². The molecule has 1 rings (SSSR count). The van der Waals surface area contributed by atoms with Crippen molar-refractivity contribution in [3.05, 3.63) is 46.6 Å². The van der Waals surface area contributed by atoms with Gasteiger partial charge in [0, 0.05) is 19.8 Å². The molecule has 0 radical (unpaired) electrons. The molecule has 4 nitrogen and oxygen atoms in total. The predicted octanol–water partition coefficient (Wildman–Crippen LogP) is 0.961. The zero-order valence-corrected chi connectivity index (χ0v) is 13.9. The first-order chi connectivity index (χ1) is 10.1. The molecular formula is C17H29N3O. The Kier molecular flexibility index (Phi) is 9.80. The first-order valence-electron chi connectivity index (χ1n) is 7.35. The van der Waals surface area contributed by atoms with Gasteiger partial charge in [-0.25, -0.2) is 0 Å². The normalized spacial score (nSPS) is 14.0. The lowest BCUT2D eigenvalue weighted by Crippen LogP contribution is -2.38. The molecule has 0 fully saturated rings. The Morgan fingerprint density at radius 3 is 2.67 bits per heavy atom. The Morgan fingerprint density at radius 2 is 2.10 bits per heavy atom. The highest BCUT2D eigenvalue weighted by Crippen LogP contribution is 1.92. The van der Waals surface area contributed by atoms with E-state index in [1.807, 2.05) is 69.8 Å². The summed E-state index contributed by atoms with van der Waals surface area (Å²) in [6, 6.07) is 2.04. The van der Waals surface area contributed by atoms with Crippen LogP contribution in [-0.4, -0.2) is 22.8 Å². The number of allylic oxidation sites excluding steroid dienone is 2. The number of hydrogen-bond donors (Lipinski definition) is 3. The highest BCUT2D eigenvalue weighted by molar-refractivity contribution is 5.39. The fourth-order valence-corrected chi connectivity index (χ4v) is 1.84. The van der Waals surface area contributed by atoms with Crippen LogP contribution >= 0.6 is 0 Å². The molecule has 0 aromatic carbocycles. The van der Waals surface area contributed by atoms with Crippen molar-refractivity contribution in [3.8, 4) is 0 Å². The minimum Gasteiger partial charge on any atom is -0.392 e. The van der Waals surface area contributed by atoms with E-state index in [1.54, 1.807) is 6.08 Å². The van der Waals surface area contributed by atoms with Gasteiger partial charge in [0.1, 0.15) is 5.82 Å². The molecule has 4 heteroatoms. The van der Waals surface area contributed by atoms with E-state index >= 15 is 0 Å². The Bertz CT molecular complexity index is 580. The second-order valence-corrected chi connectivity index (χ2v) is 4.35. The molecule has 0 aliphatic carbocycles. The Morgan fingerprint density at radius 1 is 1.43 bits per heavy atom. The van der Waals surface area contributed by atoms with E-state index in [4.69, 9.17) is 10.8 Å². The number of aliphatic hydroxyl groups is 1. The summed E-state index contributed by atoms with van der Waals surface area (Å²) in [7, 11) is 1.97. The lowest BCUT2D eigenvalue weighted by atomic mass is 10.2. The van der Waals surface area contributed by atoms with Crippen LogP contribution < -0.4 is 21.6 Å². The molecule has 0 unspecified atom stereocenters. The molecule has 1 aromatic heterocycles. The molecular weight excluding hydrogens is 262 g/mol. The number of nitrogens with one attached hydrogen (secondary N) is 1. The molecule has 0 saturated heterocycles. The molecule has 21 heavy (non-hydrogen) atoms. The zero-order valence-electron chi connectivity index (χ0n) is 13.9. The second kappa shape index (κ2) is 10.8. The third-order valence-corrected chi connectivity index (χ3v) is 2.87. The van der Waals surface area contributed by atoms with Crippen molar-refractivity contribution in [1.82, 2.24) is 9.88 Å². The number of hydrogen-bond acceptors (Lipinski definition) is 3. The summed E-state index contributed by atoms with van der Waals surface area (Å²) in [4.78, 5) is 0. The maximum Gasteiger partial charge on any atom is 0.121 e. The Hall–Kier alpha value is -1.94. The van der Waals surface area contributed by atoms with Gasteiger partial charge in [-0.2, -0.15) is 0 Å². The molecule has 0 spiro atoms. The first kappa shape index (κ1) is 19.1. The topological polar surface area (TPSA) is 63.2 Å². The van der Waals surface area contributed by atoms with Gasteiger partial charge in [-0.3, -0.25) is 0 Å². The van der Waals surface area contributed by atoms with Crippen molar-refractivity contribution in [2.45, 2.75) is 27.7 Å². The molecule has 1 aromatic rings. The molecule has 0 aliphatic rings. The predicted molar refractivity (Wildman–Crippen MR) is 91.7 cm³/mol. The lowest BCUT2D eigenvalue weighted by molar-refractivity contribution is 0.342. The zero-order chi connectivity index (χ0) is 16.3. The number of rotatable bonds is 5. The van der Waals surface area contributed by atoms with Crippen molar-refractivity contribution >= 4 is 11.9 Å². The van der Waals surface area contributed by atoms with Crippen LogP contribution in [0.1, 0.15) is 27.7 Å². The maximum absolute atomic E-state index is 8.74. The van der Waals surface area contributed by atoms with Gasteiger partial charge in [-0.05, 0) is 25.1 Å². The minimum atomic E-state index is 0.0664. The van der Waals surface area contributed by atoms with Crippen molar-refractivity contribution in [2.75, 3.05) is 13.2 Å². The van der Waals surface area contributed by atoms with Crippen LogP contribution in [0.4, 0.5) is 0 Å². The maximum atomic E-state index is 8.74. The van der Waals surface area contributed by atoms with E-state index < -0.39 is 0 Å². The van der Waals surface area contributed by atoms with Gasteiger partial charge in [0.15, 0.2) is 0 Å². The molecule has 0 atom stereocenters. The number of aliphatic hydroxyl groups excluding tert-OH is 1. The fraction of sp³-hybridized carbons (Fsp3) is 0.412. The van der Waals surface area contributed by atoms with Gasteiger partial charge in [0.05, 0.1) is 12.0 Å². The van der Waals surface area contributed by atoms with Gasteiger partial charge in [-0.15, -0.1) is 0 Å². The summed E-state index contributed by atoms with van der Waals surface area (Å²) >= 11 is 0. The summed E-state index contributed by atoms with van der Waals surface area (Å²) in [5.41, 5.74) is 7.10. The summed E-state index contributed by atoms with van der Waals surface area (Å²) < 4.78 is 2.00. The van der Waals surface area contributed by atoms with Gasteiger partial charge in [-0.1, -0.05) is 43.7 Å². The molecule has 1 heterocycles. The highest BCUT2D eigenvalue weighted by atomic mass is 16.2. The van der Waals surface area contributed by atoms with E-state index in [9.17, 15) is 0 Å². The minimum absolute atomic E-state index is 0.0664. The van der Waals surface area contributed by atoms with Crippen LogP contribution in [-0.2, 0) is 7.05 Å². The third kappa shape index (κ3) is 6.36. The van der Waals surface area contributed by atoms with E-state index in [2.05, 4.69) is 5.32 Å². The number of nitrogens with two attached hydrogens (primary N) is 1. The third-order valence-electron chi connectivity index (χ3n) is 2.87. The number of aryl methyl sites for hydroxylation is 1. The van der Waals surface area contributed by atoms with E-state index in [0.717, 1.165) is 16.1 Å². The second-order valence-electron chi connectivity index (χ2n) is 4.35. The van der Waals surface area contributed by atoms with Crippen molar-refractivity contribution in [2.24, 2.45) is 12.8 Å². The van der Waals surface area contributed by atoms with E-state index in [-0.39, 0.29) is 6.61 Å². The molecule has 118 valence electrons. The molecule has 0 amide bonds. The Labute approximate surface area is 128 Å². The SMILES string of the molecule is C/C=c1/ccn(C)/c1=C(/N)NC/C=C\C(C)=C/CO.CC. The molecule has 0 saturated carbocycles. The summed E-state index contributed by atoms with van der Waals surface area (Å²) in [6.45, 7) is 8.66. The van der Waals surface area contributed by atoms with Crippen molar-refractivity contribution in [1.29, 1.82) is 0 Å². The average Bonchev–Trinajstić information content (AvgIpc) is 2.87. The van der Waals surface area contributed by atoms with Gasteiger partial charge >= 0.3 is 0 Å².